The molecule has 2 unspecified atom stereocenters. The third-order valence-corrected chi connectivity index (χ3v) is 4.79. The molecule has 2 atom stereocenters. The van der Waals surface area contributed by atoms with Crippen molar-refractivity contribution in [1.82, 2.24) is 15.1 Å². The third kappa shape index (κ3) is 3.97. The van der Waals surface area contributed by atoms with Gasteiger partial charge in [0.05, 0.1) is 11.6 Å². The van der Waals surface area contributed by atoms with Gasteiger partial charge < -0.3 is 10.1 Å². The molecule has 0 radical (unpaired) electrons. The van der Waals surface area contributed by atoms with Crippen LogP contribution in [0.3, 0.4) is 0 Å². The third-order valence-electron chi connectivity index (χ3n) is 4.79. The second-order valence-corrected chi connectivity index (χ2v) is 7.85. The molecule has 140 valence electrons. The number of hydrogen-bond acceptors (Lipinski definition) is 5. The standard InChI is InChI=1S/C19H25FN4O2/c1-19(2,3)26-18(25)24-11-15-10-22-6-7-23(15)12-17(24)13-4-5-16(20)14(8-13)9-21/h4-5,8,15,17,22H,6-7,10-12H2,1-3H3. The zero-order chi connectivity index (χ0) is 18.9. The fourth-order valence-electron chi connectivity index (χ4n) is 3.54. The lowest BCUT2D eigenvalue weighted by Crippen LogP contribution is -2.63. The molecule has 0 aliphatic carbocycles. The first kappa shape index (κ1) is 18.6. The van der Waals surface area contributed by atoms with Gasteiger partial charge in [0.15, 0.2) is 0 Å². The number of halogens is 1. The van der Waals surface area contributed by atoms with Gasteiger partial charge in [-0.05, 0) is 38.5 Å². The average molecular weight is 360 g/mol. The van der Waals surface area contributed by atoms with Gasteiger partial charge >= 0.3 is 6.09 Å². The fraction of sp³-hybridized carbons (Fsp3) is 0.579. The van der Waals surface area contributed by atoms with Crippen LogP contribution in [0.5, 0.6) is 0 Å². The van der Waals surface area contributed by atoms with E-state index < -0.39 is 11.4 Å². The summed E-state index contributed by atoms with van der Waals surface area (Å²) >= 11 is 0. The summed E-state index contributed by atoms with van der Waals surface area (Å²) in [4.78, 5) is 16.9. The van der Waals surface area contributed by atoms with E-state index in [1.54, 1.807) is 17.0 Å². The SMILES string of the molecule is CC(C)(C)OC(=O)N1CC2CNCCN2CC1c1ccc(F)c(C#N)c1. The largest absolute Gasteiger partial charge is 0.444 e. The van der Waals surface area contributed by atoms with E-state index >= 15 is 0 Å². The van der Waals surface area contributed by atoms with Crippen LogP contribution in [0.1, 0.15) is 37.9 Å². The first-order valence-electron chi connectivity index (χ1n) is 8.92. The number of amides is 1. The molecule has 6 nitrogen and oxygen atoms in total. The molecule has 2 saturated heterocycles. The molecular formula is C19H25FN4O2. The highest BCUT2D eigenvalue weighted by molar-refractivity contribution is 5.69. The molecule has 2 fully saturated rings. The monoisotopic (exact) mass is 360 g/mol. The highest BCUT2D eigenvalue weighted by atomic mass is 19.1. The molecule has 2 aliphatic rings. The molecule has 1 amide bonds. The molecule has 2 aliphatic heterocycles. The first-order chi connectivity index (χ1) is 12.3. The molecule has 0 aromatic heterocycles. The van der Waals surface area contributed by atoms with Crippen LogP contribution in [-0.4, -0.2) is 60.3 Å². The summed E-state index contributed by atoms with van der Waals surface area (Å²) < 4.78 is 19.3. The quantitative estimate of drug-likeness (QED) is 0.832. The minimum atomic E-state index is -0.593. The number of rotatable bonds is 1. The number of nitrogens with one attached hydrogen (secondary N) is 1. The van der Waals surface area contributed by atoms with Crippen molar-refractivity contribution in [2.24, 2.45) is 0 Å². The van der Waals surface area contributed by atoms with Crippen LogP contribution in [0.2, 0.25) is 0 Å². The summed E-state index contributed by atoms with van der Waals surface area (Å²) in [6.45, 7) is 9.31. The van der Waals surface area contributed by atoms with E-state index in [1.807, 2.05) is 26.8 Å². The van der Waals surface area contributed by atoms with Crippen molar-refractivity contribution in [3.63, 3.8) is 0 Å². The maximum absolute atomic E-state index is 13.7. The minimum Gasteiger partial charge on any atom is -0.444 e. The van der Waals surface area contributed by atoms with Crippen molar-refractivity contribution < 1.29 is 13.9 Å². The summed E-state index contributed by atoms with van der Waals surface area (Å²) in [5.74, 6) is -0.545. The molecule has 0 spiro atoms. The van der Waals surface area contributed by atoms with Crippen LogP contribution in [0.25, 0.3) is 0 Å². The van der Waals surface area contributed by atoms with E-state index in [-0.39, 0.29) is 23.7 Å². The van der Waals surface area contributed by atoms with Gasteiger partial charge in [0.1, 0.15) is 17.5 Å². The number of hydrogen-bond donors (Lipinski definition) is 1. The highest BCUT2D eigenvalue weighted by Crippen LogP contribution is 2.31. The molecule has 0 saturated carbocycles. The predicted octanol–water partition coefficient (Wildman–Crippen LogP) is 2.26. The van der Waals surface area contributed by atoms with Gasteiger partial charge in [-0.15, -0.1) is 0 Å². The Bertz CT molecular complexity index is 725. The van der Waals surface area contributed by atoms with Gasteiger partial charge in [0.25, 0.3) is 0 Å². The Hall–Kier alpha value is -2.17. The topological polar surface area (TPSA) is 68.6 Å². The molecule has 1 N–H and O–H groups in total. The van der Waals surface area contributed by atoms with Crippen LogP contribution in [0, 0.1) is 17.1 Å². The Labute approximate surface area is 153 Å². The summed E-state index contributed by atoms with van der Waals surface area (Å²) in [5, 5.41) is 12.5. The second kappa shape index (κ2) is 7.22. The van der Waals surface area contributed by atoms with Gasteiger partial charge in [-0.2, -0.15) is 5.26 Å². The van der Waals surface area contributed by atoms with Gasteiger partial charge in [0, 0.05) is 38.8 Å². The Morgan fingerprint density at radius 3 is 2.85 bits per heavy atom. The van der Waals surface area contributed by atoms with Crippen LogP contribution in [0.4, 0.5) is 9.18 Å². The lowest BCUT2D eigenvalue weighted by atomic mass is 9.97. The Morgan fingerprint density at radius 2 is 2.15 bits per heavy atom. The lowest BCUT2D eigenvalue weighted by Gasteiger charge is -2.48. The van der Waals surface area contributed by atoms with Crippen molar-refractivity contribution in [1.29, 1.82) is 5.26 Å². The maximum atomic E-state index is 13.7. The Morgan fingerprint density at radius 1 is 1.38 bits per heavy atom. The average Bonchev–Trinajstić information content (AvgIpc) is 2.59. The highest BCUT2D eigenvalue weighted by Gasteiger charge is 2.39. The number of carbonyl (C=O) groups is 1. The first-order valence-corrected chi connectivity index (χ1v) is 8.92. The van der Waals surface area contributed by atoms with Crippen LogP contribution in [0.15, 0.2) is 18.2 Å². The van der Waals surface area contributed by atoms with Gasteiger partial charge in [-0.1, -0.05) is 6.07 Å². The number of benzene rings is 1. The van der Waals surface area contributed by atoms with E-state index in [1.165, 1.54) is 6.07 Å². The summed E-state index contributed by atoms with van der Waals surface area (Å²) in [6.07, 6.45) is -0.379. The van der Waals surface area contributed by atoms with E-state index in [4.69, 9.17) is 10.00 Å². The number of nitrogens with zero attached hydrogens (tertiary/aromatic N) is 3. The zero-order valence-electron chi connectivity index (χ0n) is 15.5. The van der Waals surface area contributed by atoms with Gasteiger partial charge in [-0.25, -0.2) is 9.18 Å². The maximum Gasteiger partial charge on any atom is 0.410 e. The van der Waals surface area contributed by atoms with Crippen LogP contribution < -0.4 is 5.32 Å². The molecule has 0 bridgehead atoms. The zero-order valence-corrected chi connectivity index (χ0v) is 15.5. The molecular weight excluding hydrogens is 335 g/mol. The smallest absolute Gasteiger partial charge is 0.410 e. The molecule has 2 heterocycles. The molecule has 1 aromatic rings. The van der Waals surface area contributed by atoms with E-state index in [0.29, 0.717) is 13.1 Å². The summed E-state index contributed by atoms with van der Waals surface area (Å²) in [5.41, 5.74) is 0.157. The Kier molecular flexibility index (Phi) is 5.17. The molecule has 1 aromatic carbocycles. The number of ether oxygens (including phenoxy) is 1. The van der Waals surface area contributed by atoms with Crippen molar-refractivity contribution >= 4 is 6.09 Å². The molecule has 26 heavy (non-hydrogen) atoms. The molecule has 7 heteroatoms. The lowest BCUT2D eigenvalue weighted by molar-refractivity contribution is -0.0212. The van der Waals surface area contributed by atoms with Crippen molar-refractivity contribution in [3.8, 4) is 6.07 Å². The van der Waals surface area contributed by atoms with E-state index in [0.717, 1.165) is 25.2 Å². The summed E-state index contributed by atoms with van der Waals surface area (Å²) in [6, 6.07) is 6.33. The number of piperazine rings is 2. The predicted molar refractivity (Wildman–Crippen MR) is 95.0 cm³/mol. The minimum absolute atomic E-state index is 0.00549. The Balaban J connectivity index is 1.92. The van der Waals surface area contributed by atoms with Crippen LogP contribution in [-0.2, 0) is 4.74 Å². The normalized spacial score (nSPS) is 23.9. The fourth-order valence-corrected chi connectivity index (χ4v) is 3.54. The van der Waals surface area contributed by atoms with Gasteiger partial charge in [0.2, 0.25) is 0 Å². The molecule has 3 rings (SSSR count). The van der Waals surface area contributed by atoms with E-state index in [9.17, 15) is 9.18 Å². The number of carbonyl (C=O) groups excluding carboxylic acids is 1. The van der Waals surface area contributed by atoms with Crippen molar-refractivity contribution in [2.45, 2.75) is 38.5 Å². The second-order valence-electron chi connectivity index (χ2n) is 7.85. The van der Waals surface area contributed by atoms with Crippen LogP contribution >= 0.6 is 0 Å². The number of fused-ring (bicyclic) bond motifs is 1. The van der Waals surface area contributed by atoms with E-state index in [2.05, 4.69) is 10.2 Å². The summed E-state index contributed by atoms with van der Waals surface area (Å²) in [7, 11) is 0. The van der Waals surface area contributed by atoms with Crippen molar-refractivity contribution in [2.75, 3.05) is 32.7 Å². The van der Waals surface area contributed by atoms with Gasteiger partial charge in [-0.3, -0.25) is 9.80 Å². The van der Waals surface area contributed by atoms with Crippen molar-refractivity contribution in [3.05, 3.63) is 35.1 Å². The number of nitriles is 1.